The Morgan fingerprint density at radius 1 is 0.313 bits per heavy atom. The van der Waals surface area contributed by atoms with E-state index < -0.39 is 0 Å². The van der Waals surface area contributed by atoms with Crippen molar-refractivity contribution in [3.8, 4) is 50.2 Å². The maximum absolute atomic E-state index is 7.15. The Morgan fingerprint density at radius 2 is 0.746 bits per heavy atom. The van der Waals surface area contributed by atoms with E-state index in [1.165, 1.54) is 54.8 Å². The molecular weight excluding hydrogens is 813 g/mol. The van der Waals surface area contributed by atoms with Crippen molar-refractivity contribution in [2.45, 2.75) is 0 Å². The van der Waals surface area contributed by atoms with E-state index in [9.17, 15) is 0 Å². The molecule has 67 heavy (non-hydrogen) atoms. The van der Waals surface area contributed by atoms with Crippen LogP contribution in [-0.2, 0) is 0 Å². The predicted molar refractivity (Wildman–Crippen MR) is 282 cm³/mol. The summed E-state index contributed by atoms with van der Waals surface area (Å²) in [6.07, 6.45) is 0. The van der Waals surface area contributed by atoms with Crippen LogP contribution in [0.1, 0.15) is 0 Å². The third kappa shape index (κ3) is 6.59. The summed E-state index contributed by atoms with van der Waals surface area (Å²) in [5.41, 5.74) is 17.6. The largest absolute Gasteiger partial charge is 0.453 e. The molecule has 13 aromatic rings. The van der Waals surface area contributed by atoms with Gasteiger partial charge in [0.05, 0.1) is 16.7 Å². The summed E-state index contributed by atoms with van der Waals surface area (Å²) >= 11 is 0. The highest BCUT2D eigenvalue weighted by Crippen LogP contribution is 2.47. The monoisotopic (exact) mass is 854 g/mol. The van der Waals surface area contributed by atoms with Crippen LogP contribution in [0.3, 0.4) is 0 Å². The Kier molecular flexibility index (Phi) is 9.17. The third-order valence-corrected chi connectivity index (χ3v) is 13.4. The first kappa shape index (κ1) is 38.5. The van der Waals surface area contributed by atoms with Crippen molar-refractivity contribution in [1.82, 2.24) is 4.57 Å². The van der Waals surface area contributed by atoms with E-state index in [2.05, 4.69) is 264 Å². The van der Waals surface area contributed by atoms with Crippen molar-refractivity contribution in [1.29, 1.82) is 0 Å². The molecule has 2 heterocycles. The first-order valence-electron chi connectivity index (χ1n) is 22.9. The topological polar surface area (TPSA) is 21.3 Å². The number of rotatable bonds is 8. The lowest BCUT2D eigenvalue weighted by Crippen LogP contribution is -2.10. The zero-order valence-electron chi connectivity index (χ0n) is 36.6. The lowest BCUT2D eigenvalue weighted by molar-refractivity contribution is 0.670. The Hall–Kier alpha value is -8.92. The van der Waals surface area contributed by atoms with Crippen molar-refractivity contribution in [3.63, 3.8) is 0 Å². The number of fused-ring (bicyclic) bond motifs is 8. The van der Waals surface area contributed by atoms with Crippen LogP contribution in [0.4, 0.5) is 17.1 Å². The number of furan rings is 1. The molecule has 13 rings (SSSR count). The van der Waals surface area contributed by atoms with Gasteiger partial charge in [0.15, 0.2) is 5.58 Å². The molecule has 0 unspecified atom stereocenters. The number of aromatic nitrogens is 1. The van der Waals surface area contributed by atoms with Crippen LogP contribution < -0.4 is 4.90 Å². The first-order valence-corrected chi connectivity index (χ1v) is 22.9. The summed E-state index contributed by atoms with van der Waals surface area (Å²) in [5.74, 6) is 0. The fourth-order valence-corrected chi connectivity index (χ4v) is 10.2. The zero-order chi connectivity index (χ0) is 44.3. The molecule has 0 saturated carbocycles. The van der Waals surface area contributed by atoms with E-state index in [1.54, 1.807) is 0 Å². The van der Waals surface area contributed by atoms with Crippen molar-refractivity contribution < 1.29 is 4.42 Å². The van der Waals surface area contributed by atoms with Crippen LogP contribution in [0, 0.1) is 0 Å². The smallest absolute Gasteiger partial charge is 0.159 e. The lowest BCUT2D eigenvalue weighted by Gasteiger charge is -2.26. The van der Waals surface area contributed by atoms with Gasteiger partial charge in [0.1, 0.15) is 5.58 Å². The molecule has 3 heteroatoms. The molecule has 0 N–H and O–H groups in total. The minimum atomic E-state index is 0.848. The first-order chi connectivity index (χ1) is 33.2. The van der Waals surface area contributed by atoms with Gasteiger partial charge in [0.2, 0.25) is 0 Å². The Morgan fingerprint density at radius 3 is 1.31 bits per heavy atom. The van der Waals surface area contributed by atoms with Gasteiger partial charge in [-0.25, -0.2) is 0 Å². The third-order valence-electron chi connectivity index (χ3n) is 13.4. The summed E-state index contributed by atoms with van der Waals surface area (Å²) in [5, 5.41) is 7.12. The number of nitrogens with zero attached hydrogens (tertiary/aromatic N) is 2. The average molecular weight is 855 g/mol. The molecule has 0 bridgehead atoms. The molecule has 0 radical (unpaired) electrons. The van der Waals surface area contributed by atoms with E-state index in [-0.39, 0.29) is 0 Å². The predicted octanol–water partition coefficient (Wildman–Crippen LogP) is 18.0. The lowest BCUT2D eigenvalue weighted by atomic mass is 9.96. The van der Waals surface area contributed by atoms with Crippen LogP contribution in [0.2, 0.25) is 0 Å². The zero-order valence-corrected chi connectivity index (χ0v) is 36.6. The van der Waals surface area contributed by atoms with Crippen molar-refractivity contribution in [3.05, 3.63) is 255 Å². The summed E-state index contributed by atoms with van der Waals surface area (Å²) < 4.78 is 9.52. The Balaban J connectivity index is 0.873. The Labute approximate surface area is 388 Å². The van der Waals surface area contributed by atoms with Crippen molar-refractivity contribution >= 4 is 71.6 Å². The van der Waals surface area contributed by atoms with Gasteiger partial charge in [-0.3, -0.25) is 0 Å². The molecule has 0 aliphatic heterocycles. The number of hydrogen-bond acceptors (Lipinski definition) is 2. The van der Waals surface area contributed by atoms with E-state index in [4.69, 9.17) is 4.42 Å². The average Bonchev–Trinajstić information content (AvgIpc) is 3.97. The second-order valence-electron chi connectivity index (χ2n) is 17.3. The highest BCUT2D eigenvalue weighted by Gasteiger charge is 2.23. The van der Waals surface area contributed by atoms with Gasteiger partial charge in [0.25, 0.3) is 0 Å². The minimum Gasteiger partial charge on any atom is -0.453 e. The summed E-state index contributed by atoms with van der Waals surface area (Å²) in [6.45, 7) is 0. The Bertz CT molecular complexity index is 3870. The SMILES string of the molecule is c1ccc(-c2ccc(N(c3ccc(-c4ccc(-c5ccc(-n6c7ccccc7c7ccccc76)cc5)cc4)cc3)c3cccc4c3oc3c(-c5ccccc5)cc5ccccc5c34)cc2)cc1. The molecule has 2 aromatic heterocycles. The van der Waals surface area contributed by atoms with E-state index >= 15 is 0 Å². The summed E-state index contributed by atoms with van der Waals surface area (Å²) in [7, 11) is 0. The molecule has 0 fully saturated rings. The minimum absolute atomic E-state index is 0.848. The summed E-state index contributed by atoms with van der Waals surface area (Å²) in [6, 6.07) is 91.6. The second kappa shape index (κ2) is 16.0. The van der Waals surface area contributed by atoms with Crippen LogP contribution in [0.25, 0.3) is 105 Å². The number of hydrogen-bond donors (Lipinski definition) is 0. The molecule has 0 aliphatic carbocycles. The molecule has 0 aliphatic rings. The maximum atomic E-state index is 7.15. The molecule has 0 saturated heterocycles. The van der Waals surface area contributed by atoms with Gasteiger partial charge in [-0.1, -0.05) is 194 Å². The van der Waals surface area contributed by atoms with E-state index in [1.807, 2.05) is 0 Å². The van der Waals surface area contributed by atoms with E-state index in [0.717, 1.165) is 66.9 Å². The van der Waals surface area contributed by atoms with Crippen LogP contribution in [0.5, 0.6) is 0 Å². The van der Waals surface area contributed by atoms with Gasteiger partial charge < -0.3 is 13.9 Å². The van der Waals surface area contributed by atoms with Gasteiger partial charge >= 0.3 is 0 Å². The molecule has 11 aromatic carbocycles. The number of para-hydroxylation sites is 3. The quantitative estimate of drug-likeness (QED) is 0.152. The molecule has 3 nitrogen and oxygen atoms in total. The number of anilines is 3. The van der Waals surface area contributed by atoms with Gasteiger partial charge in [0, 0.05) is 44.2 Å². The van der Waals surface area contributed by atoms with Crippen molar-refractivity contribution in [2.24, 2.45) is 0 Å². The molecule has 0 spiro atoms. The van der Waals surface area contributed by atoms with Crippen LogP contribution in [-0.4, -0.2) is 4.57 Å². The fraction of sp³-hybridized carbons (Fsp3) is 0. The fourth-order valence-electron chi connectivity index (χ4n) is 10.2. The van der Waals surface area contributed by atoms with Crippen LogP contribution >= 0.6 is 0 Å². The summed E-state index contributed by atoms with van der Waals surface area (Å²) in [4.78, 5) is 2.33. The van der Waals surface area contributed by atoms with E-state index in [0.29, 0.717) is 0 Å². The van der Waals surface area contributed by atoms with Gasteiger partial charge in [-0.2, -0.15) is 0 Å². The van der Waals surface area contributed by atoms with Crippen LogP contribution in [0.15, 0.2) is 259 Å². The molecule has 314 valence electrons. The molecular formula is C64H42N2O. The highest BCUT2D eigenvalue weighted by atomic mass is 16.3. The molecule has 0 amide bonds. The number of benzene rings is 11. The standard InChI is InChI=1S/C64H42N2O/c1-3-14-43(15-4-1)46-30-36-51(37-31-46)65(61-25-13-22-57-62-54-19-8-7-18-50(54)42-58(64(62)67-63(57)61)49-16-5-2-6-17-49)52-38-32-47(33-39-52)44-26-28-45(29-27-44)48-34-40-53(41-35-48)66-59-23-11-9-20-55(59)56-21-10-12-24-60(56)66/h1-42H. The second-order valence-corrected chi connectivity index (χ2v) is 17.3. The van der Waals surface area contributed by atoms with Gasteiger partial charge in [-0.05, 0) is 110 Å². The van der Waals surface area contributed by atoms with Crippen molar-refractivity contribution in [2.75, 3.05) is 4.90 Å². The van der Waals surface area contributed by atoms with Gasteiger partial charge in [-0.15, -0.1) is 0 Å². The highest BCUT2D eigenvalue weighted by molar-refractivity contribution is 6.24. The normalized spacial score (nSPS) is 11.6. The maximum Gasteiger partial charge on any atom is 0.159 e. The molecule has 0 atom stereocenters.